The summed E-state index contributed by atoms with van der Waals surface area (Å²) >= 11 is 6.18. The molecule has 0 radical (unpaired) electrons. The number of aromatic nitrogens is 2. The number of halogens is 1. The Hall–Kier alpha value is -3.19. The Bertz CT molecular complexity index is 1310. The van der Waals surface area contributed by atoms with Crippen molar-refractivity contribution >= 4 is 34.2 Å². The number of nitrogens with zero attached hydrogens (tertiary/aromatic N) is 4. The van der Waals surface area contributed by atoms with Crippen molar-refractivity contribution in [1.82, 2.24) is 19.4 Å². The summed E-state index contributed by atoms with van der Waals surface area (Å²) < 4.78 is 2.27. The van der Waals surface area contributed by atoms with Gasteiger partial charge in [-0.3, -0.25) is 14.6 Å². The largest absolute Gasteiger partial charge is 0.327 e. The molecule has 1 saturated heterocycles. The van der Waals surface area contributed by atoms with Gasteiger partial charge >= 0.3 is 0 Å². The molecule has 5 rings (SSSR count). The highest BCUT2D eigenvalue weighted by Crippen LogP contribution is 2.23. The number of carbonyl (C=O) groups is 1. The van der Waals surface area contributed by atoms with E-state index in [1.165, 1.54) is 5.56 Å². The van der Waals surface area contributed by atoms with Crippen molar-refractivity contribution in [3.05, 3.63) is 94.8 Å². The number of piperazine rings is 1. The van der Waals surface area contributed by atoms with Crippen molar-refractivity contribution in [1.29, 1.82) is 0 Å². The quantitative estimate of drug-likeness (QED) is 0.385. The number of amides is 1. The summed E-state index contributed by atoms with van der Waals surface area (Å²) in [6.07, 6.45) is 0. The topological polar surface area (TPSA) is 53.4 Å². The Morgan fingerprint density at radius 1 is 0.914 bits per heavy atom. The monoisotopic (exact) mass is 487 g/mol. The second-order valence-electron chi connectivity index (χ2n) is 8.95. The van der Waals surface area contributed by atoms with E-state index in [2.05, 4.69) is 56.9 Å². The van der Waals surface area contributed by atoms with E-state index in [1.807, 2.05) is 24.3 Å². The molecule has 0 saturated carbocycles. The van der Waals surface area contributed by atoms with E-state index in [-0.39, 0.29) is 5.91 Å². The second kappa shape index (κ2) is 10.6. The van der Waals surface area contributed by atoms with Crippen LogP contribution in [0.3, 0.4) is 0 Å². The van der Waals surface area contributed by atoms with Gasteiger partial charge in [-0.1, -0.05) is 54.1 Å². The van der Waals surface area contributed by atoms with E-state index in [0.717, 1.165) is 62.7 Å². The number of hydrogen-bond donors (Lipinski definition) is 1. The fourth-order valence-electron chi connectivity index (χ4n) is 4.72. The number of aryl methyl sites for hydroxylation is 1. The number of fused-ring (bicyclic) bond motifs is 1. The average Bonchev–Trinajstić information content (AvgIpc) is 3.22. The van der Waals surface area contributed by atoms with Crippen molar-refractivity contribution in [3.8, 4) is 0 Å². The number of carbonyl (C=O) groups excluding carboxylic acids is 1. The van der Waals surface area contributed by atoms with Gasteiger partial charge in [0.25, 0.3) is 5.91 Å². The molecule has 180 valence electrons. The van der Waals surface area contributed by atoms with Gasteiger partial charge < -0.3 is 9.88 Å². The van der Waals surface area contributed by atoms with Gasteiger partial charge in [0.2, 0.25) is 0 Å². The maximum absolute atomic E-state index is 12.7. The molecule has 0 atom stereocenters. The summed E-state index contributed by atoms with van der Waals surface area (Å²) in [7, 11) is 0. The van der Waals surface area contributed by atoms with Crippen molar-refractivity contribution in [2.45, 2.75) is 26.6 Å². The normalized spacial score (nSPS) is 14.9. The van der Waals surface area contributed by atoms with Gasteiger partial charge in [-0.05, 0) is 42.8 Å². The summed E-state index contributed by atoms with van der Waals surface area (Å²) in [5, 5.41) is 3.39. The Morgan fingerprint density at radius 2 is 1.60 bits per heavy atom. The first-order valence-corrected chi connectivity index (χ1v) is 12.5. The van der Waals surface area contributed by atoms with Gasteiger partial charge in [0, 0.05) is 45.0 Å². The third kappa shape index (κ3) is 5.40. The lowest BCUT2D eigenvalue weighted by atomic mass is 10.2. The maximum atomic E-state index is 12.7. The molecule has 0 unspecified atom stereocenters. The van der Waals surface area contributed by atoms with E-state index in [4.69, 9.17) is 16.6 Å². The molecule has 35 heavy (non-hydrogen) atoms. The van der Waals surface area contributed by atoms with Gasteiger partial charge in [0.15, 0.2) is 0 Å². The summed E-state index contributed by atoms with van der Waals surface area (Å²) in [5.41, 5.74) is 4.51. The second-order valence-corrected chi connectivity index (χ2v) is 9.35. The van der Waals surface area contributed by atoms with Crippen LogP contribution in [0.2, 0.25) is 5.02 Å². The number of hydrogen-bond acceptors (Lipinski definition) is 4. The standard InChI is InChI=1S/C28H30ClN5O/c1-2-34-26-13-12-22(30-28(35)23-10-6-7-11-24(23)29)18-25(26)31-27(34)20-33-16-14-32(15-17-33)19-21-8-4-3-5-9-21/h3-13,18H,2,14-17,19-20H2,1H3,(H,30,35). The zero-order valence-electron chi connectivity index (χ0n) is 20.0. The molecule has 0 spiro atoms. The molecule has 3 aromatic carbocycles. The highest BCUT2D eigenvalue weighted by atomic mass is 35.5. The average molecular weight is 488 g/mol. The van der Waals surface area contributed by atoms with Crippen LogP contribution in [0.15, 0.2) is 72.8 Å². The number of rotatable bonds is 7. The lowest BCUT2D eigenvalue weighted by Crippen LogP contribution is -2.45. The molecule has 4 aromatic rings. The van der Waals surface area contributed by atoms with Crippen LogP contribution < -0.4 is 5.32 Å². The Morgan fingerprint density at radius 3 is 2.31 bits per heavy atom. The van der Waals surface area contributed by atoms with E-state index in [0.29, 0.717) is 16.3 Å². The third-order valence-electron chi connectivity index (χ3n) is 6.60. The third-order valence-corrected chi connectivity index (χ3v) is 6.93. The van der Waals surface area contributed by atoms with Crippen LogP contribution in [0.4, 0.5) is 5.69 Å². The predicted octanol–water partition coefficient (Wildman–Crippen LogP) is 5.28. The van der Waals surface area contributed by atoms with E-state index >= 15 is 0 Å². The Balaban J connectivity index is 1.26. The zero-order valence-corrected chi connectivity index (χ0v) is 20.7. The summed E-state index contributed by atoms with van der Waals surface area (Å²) in [5.74, 6) is 0.840. The molecular formula is C28H30ClN5O. The lowest BCUT2D eigenvalue weighted by molar-refractivity contribution is 0.102. The highest BCUT2D eigenvalue weighted by molar-refractivity contribution is 6.34. The molecule has 1 aliphatic heterocycles. The molecule has 6 nitrogen and oxygen atoms in total. The molecule has 1 aromatic heterocycles. The molecule has 2 heterocycles. The minimum Gasteiger partial charge on any atom is -0.327 e. The fraction of sp³-hybridized carbons (Fsp3) is 0.286. The van der Waals surface area contributed by atoms with Crippen LogP contribution in [0.25, 0.3) is 11.0 Å². The first-order chi connectivity index (χ1) is 17.1. The van der Waals surface area contributed by atoms with Gasteiger partial charge in [-0.2, -0.15) is 0 Å². The highest BCUT2D eigenvalue weighted by Gasteiger charge is 2.20. The van der Waals surface area contributed by atoms with Gasteiger partial charge in [0.05, 0.1) is 28.2 Å². The van der Waals surface area contributed by atoms with Crippen LogP contribution >= 0.6 is 11.6 Å². The van der Waals surface area contributed by atoms with E-state index < -0.39 is 0 Å². The fourth-order valence-corrected chi connectivity index (χ4v) is 4.94. The molecule has 1 amide bonds. The number of imidazole rings is 1. The molecule has 0 aliphatic carbocycles. The van der Waals surface area contributed by atoms with Crippen LogP contribution in [0, 0.1) is 0 Å². The van der Waals surface area contributed by atoms with Gasteiger partial charge in [0.1, 0.15) is 5.82 Å². The SMILES string of the molecule is CCn1c(CN2CCN(Cc3ccccc3)CC2)nc2cc(NC(=O)c3ccccc3Cl)ccc21. The Labute approximate surface area is 211 Å². The van der Waals surface area contributed by atoms with Crippen molar-refractivity contribution in [3.63, 3.8) is 0 Å². The van der Waals surface area contributed by atoms with E-state index in [1.54, 1.807) is 18.2 Å². The Kier molecular flexibility index (Phi) is 7.13. The minimum absolute atomic E-state index is 0.224. The first-order valence-electron chi connectivity index (χ1n) is 12.1. The number of nitrogens with one attached hydrogen (secondary N) is 1. The van der Waals surface area contributed by atoms with Crippen LogP contribution in [0.1, 0.15) is 28.7 Å². The number of benzene rings is 3. The number of anilines is 1. The van der Waals surface area contributed by atoms with Gasteiger partial charge in [-0.15, -0.1) is 0 Å². The first kappa shape index (κ1) is 23.5. The molecule has 0 bridgehead atoms. The molecule has 1 N–H and O–H groups in total. The smallest absolute Gasteiger partial charge is 0.257 e. The van der Waals surface area contributed by atoms with Crippen molar-refractivity contribution in [2.24, 2.45) is 0 Å². The van der Waals surface area contributed by atoms with E-state index in [9.17, 15) is 4.79 Å². The van der Waals surface area contributed by atoms with Crippen LogP contribution in [-0.4, -0.2) is 51.4 Å². The molecular weight excluding hydrogens is 458 g/mol. The molecule has 7 heteroatoms. The van der Waals surface area contributed by atoms with Crippen molar-refractivity contribution < 1.29 is 4.79 Å². The van der Waals surface area contributed by atoms with Crippen LogP contribution in [0.5, 0.6) is 0 Å². The summed E-state index contributed by atoms with van der Waals surface area (Å²) in [6.45, 7) is 8.99. The lowest BCUT2D eigenvalue weighted by Gasteiger charge is -2.34. The minimum atomic E-state index is -0.224. The van der Waals surface area contributed by atoms with Gasteiger partial charge in [-0.25, -0.2) is 4.98 Å². The molecule has 1 aliphatic rings. The van der Waals surface area contributed by atoms with Crippen LogP contribution in [-0.2, 0) is 19.6 Å². The summed E-state index contributed by atoms with van der Waals surface area (Å²) in [6, 6.07) is 23.6. The maximum Gasteiger partial charge on any atom is 0.257 e. The molecule has 1 fully saturated rings. The van der Waals surface area contributed by atoms with Crippen molar-refractivity contribution in [2.75, 3.05) is 31.5 Å². The zero-order chi connectivity index (χ0) is 24.2. The predicted molar refractivity (Wildman–Crippen MR) is 142 cm³/mol. The summed E-state index contributed by atoms with van der Waals surface area (Å²) in [4.78, 5) is 22.6.